The predicted octanol–water partition coefficient (Wildman–Crippen LogP) is 2.86. The molecular weight excluding hydrogens is 214 g/mol. The highest BCUT2D eigenvalue weighted by molar-refractivity contribution is 5.81. The van der Waals surface area contributed by atoms with Crippen molar-refractivity contribution in [3.05, 3.63) is 35.4 Å². The Balaban J connectivity index is 2.47. The molecule has 1 aliphatic rings. The van der Waals surface area contributed by atoms with Crippen LogP contribution in [-0.4, -0.2) is 11.1 Å². The van der Waals surface area contributed by atoms with Crippen molar-refractivity contribution in [2.75, 3.05) is 0 Å². The quantitative estimate of drug-likeness (QED) is 0.841. The maximum Gasteiger partial charge on any atom is 0.314 e. The van der Waals surface area contributed by atoms with Crippen molar-refractivity contribution in [1.82, 2.24) is 0 Å². The lowest BCUT2D eigenvalue weighted by Crippen LogP contribution is -2.32. The van der Waals surface area contributed by atoms with Gasteiger partial charge in [-0.25, -0.2) is 8.78 Å². The molecule has 1 aromatic rings. The van der Waals surface area contributed by atoms with Gasteiger partial charge in [-0.05, 0) is 30.5 Å². The minimum absolute atomic E-state index is 0.372. The van der Waals surface area contributed by atoms with E-state index in [0.717, 1.165) is 25.0 Å². The topological polar surface area (TPSA) is 37.3 Å². The van der Waals surface area contributed by atoms with Crippen LogP contribution in [0.2, 0.25) is 0 Å². The first-order valence-electron chi connectivity index (χ1n) is 5.25. The summed E-state index contributed by atoms with van der Waals surface area (Å²) >= 11 is 0. The molecule has 0 radical (unpaired) electrons. The van der Waals surface area contributed by atoms with Gasteiger partial charge >= 0.3 is 5.97 Å². The number of rotatable bonds is 2. The predicted molar refractivity (Wildman–Crippen MR) is 54.1 cm³/mol. The highest BCUT2D eigenvalue weighted by Gasteiger charge is 2.43. The van der Waals surface area contributed by atoms with Crippen LogP contribution < -0.4 is 0 Å². The normalized spacial score (nSPS) is 18.6. The number of hydrogen-bond acceptors (Lipinski definition) is 1. The highest BCUT2D eigenvalue weighted by atomic mass is 19.2. The van der Waals surface area contributed by atoms with Gasteiger partial charge in [0.2, 0.25) is 0 Å². The Bertz CT molecular complexity index is 423. The Labute approximate surface area is 91.9 Å². The minimum atomic E-state index is -1.02. The third-order valence-corrected chi connectivity index (χ3v) is 3.34. The summed E-state index contributed by atoms with van der Waals surface area (Å²) in [6.07, 6.45) is 2.61. The summed E-state index contributed by atoms with van der Waals surface area (Å²) in [7, 11) is 0. The number of aliphatic carboxylic acids is 1. The van der Waals surface area contributed by atoms with Crippen LogP contribution in [0, 0.1) is 11.6 Å². The molecule has 0 spiro atoms. The van der Waals surface area contributed by atoms with Gasteiger partial charge in [0.1, 0.15) is 0 Å². The van der Waals surface area contributed by atoms with Crippen LogP contribution in [0.15, 0.2) is 18.2 Å². The summed E-state index contributed by atoms with van der Waals surface area (Å²) in [5.41, 5.74) is -0.648. The first kappa shape index (κ1) is 11.0. The number of carboxylic acid groups (broad SMARTS) is 1. The summed E-state index contributed by atoms with van der Waals surface area (Å²) in [5, 5.41) is 9.26. The van der Waals surface area contributed by atoms with Gasteiger partial charge in [-0.1, -0.05) is 18.9 Å². The van der Waals surface area contributed by atoms with E-state index in [1.807, 2.05) is 0 Å². The van der Waals surface area contributed by atoms with E-state index in [4.69, 9.17) is 0 Å². The molecule has 86 valence electrons. The average Bonchev–Trinajstić information content (AvgIpc) is 2.72. The van der Waals surface area contributed by atoms with Crippen LogP contribution in [0.25, 0.3) is 0 Å². The molecule has 0 saturated heterocycles. The fraction of sp³-hybridized carbons (Fsp3) is 0.417. The van der Waals surface area contributed by atoms with E-state index in [9.17, 15) is 18.7 Å². The first-order valence-corrected chi connectivity index (χ1v) is 5.25. The van der Waals surface area contributed by atoms with Gasteiger partial charge in [0.05, 0.1) is 5.41 Å². The molecule has 1 aliphatic carbocycles. The zero-order chi connectivity index (χ0) is 11.8. The summed E-state index contributed by atoms with van der Waals surface area (Å²) in [4.78, 5) is 11.3. The van der Waals surface area contributed by atoms with Crippen molar-refractivity contribution in [2.45, 2.75) is 31.1 Å². The van der Waals surface area contributed by atoms with E-state index < -0.39 is 23.0 Å². The van der Waals surface area contributed by atoms with Gasteiger partial charge in [0.25, 0.3) is 0 Å². The lowest BCUT2D eigenvalue weighted by atomic mass is 9.79. The number of hydrogen-bond donors (Lipinski definition) is 1. The smallest absolute Gasteiger partial charge is 0.314 e. The summed E-state index contributed by atoms with van der Waals surface area (Å²) in [5.74, 6) is -2.87. The van der Waals surface area contributed by atoms with Crippen LogP contribution in [0.4, 0.5) is 8.78 Å². The van der Waals surface area contributed by atoms with Crippen LogP contribution in [0.1, 0.15) is 31.2 Å². The molecule has 1 fully saturated rings. The van der Waals surface area contributed by atoms with E-state index >= 15 is 0 Å². The Hall–Kier alpha value is -1.45. The van der Waals surface area contributed by atoms with Crippen molar-refractivity contribution in [3.8, 4) is 0 Å². The molecule has 0 bridgehead atoms. The monoisotopic (exact) mass is 226 g/mol. The summed E-state index contributed by atoms with van der Waals surface area (Å²) in [6, 6.07) is 3.38. The Morgan fingerprint density at radius 1 is 1.19 bits per heavy atom. The second kappa shape index (κ2) is 3.85. The molecule has 2 nitrogen and oxygen atoms in total. The number of carboxylic acids is 1. The third kappa shape index (κ3) is 1.58. The Kier molecular flexibility index (Phi) is 2.66. The van der Waals surface area contributed by atoms with Gasteiger partial charge in [-0.3, -0.25) is 4.79 Å². The maximum atomic E-state index is 13.1. The molecule has 4 heteroatoms. The number of carbonyl (C=O) groups is 1. The van der Waals surface area contributed by atoms with Crippen molar-refractivity contribution >= 4 is 5.97 Å². The summed E-state index contributed by atoms with van der Waals surface area (Å²) in [6.45, 7) is 0. The Morgan fingerprint density at radius 2 is 1.81 bits per heavy atom. The molecule has 0 unspecified atom stereocenters. The molecule has 0 amide bonds. The van der Waals surface area contributed by atoms with Crippen molar-refractivity contribution in [1.29, 1.82) is 0 Å². The molecule has 0 aromatic heterocycles. The third-order valence-electron chi connectivity index (χ3n) is 3.34. The van der Waals surface area contributed by atoms with Gasteiger partial charge in [0.15, 0.2) is 11.6 Å². The highest BCUT2D eigenvalue weighted by Crippen LogP contribution is 2.41. The average molecular weight is 226 g/mol. The van der Waals surface area contributed by atoms with E-state index in [1.165, 1.54) is 6.07 Å². The van der Waals surface area contributed by atoms with Crippen LogP contribution >= 0.6 is 0 Å². The van der Waals surface area contributed by atoms with E-state index in [2.05, 4.69) is 0 Å². The van der Waals surface area contributed by atoms with Gasteiger partial charge in [-0.2, -0.15) is 0 Å². The van der Waals surface area contributed by atoms with E-state index in [1.54, 1.807) is 0 Å². The molecule has 16 heavy (non-hydrogen) atoms. The van der Waals surface area contributed by atoms with E-state index in [-0.39, 0.29) is 0 Å². The second-order valence-electron chi connectivity index (χ2n) is 4.22. The van der Waals surface area contributed by atoms with Gasteiger partial charge < -0.3 is 5.11 Å². The molecule has 1 N–H and O–H groups in total. The van der Waals surface area contributed by atoms with Crippen molar-refractivity contribution in [3.63, 3.8) is 0 Å². The van der Waals surface area contributed by atoms with Crippen molar-refractivity contribution < 1.29 is 18.7 Å². The fourth-order valence-corrected chi connectivity index (χ4v) is 2.40. The molecule has 0 aliphatic heterocycles. The zero-order valence-electron chi connectivity index (χ0n) is 8.67. The molecule has 0 atom stereocenters. The number of benzene rings is 1. The van der Waals surface area contributed by atoms with Gasteiger partial charge in [0, 0.05) is 0 Å². The zero-order valence-corrected chi connectivity index (χ0v) is 8.67. The summed E-state index contributed by atoms with van der Waals surface area (Å²) < 4.78 is 25.9. The molecule has 0 heterocycles. The van der Waals surface area contributed by atoms with Crippen molar-refractivity contribution in [2.24, 2.45) is 0 Å². The lowest BCUT2D eigenvalue weighted by Gasteiger charge is -2.24. The molecule has 1 saturated carbocycles. The SMILES string of the molecule is O=C(O)C1(c2ccc(F)c(F)c2)CCCC1. The molecule has 2 rings (SSSR count). The van der Waals surface area contributed by atoms with Gasteiger partial charge in [-0.15, -0.1) is 0 Å². The minimum Gasteiger partial charge on any atom is -0.481 e. The second-order valence-corrected chi connectivity index (χ2v) is 4.22. The van der Waals surface area contributed by atoms with Crippen LogP contribution in [0.5, 0.6) is 0 Å². The molecular formula is C12H12F2O2. The number of halogens is 2. The lowest BCUT2D eigenvalue weighted by molar-refractivity contribution is -0.143. The van der Waals surface area contributed by atoms with Crippen LogP contribution in [-0.2, 0) is 10.2 Å². The largest absolute Gasteiger partial charge is 0.481 e. The molecule has 1 aromatic carbocycles. The fourth-order valence-electron chi connectivity index (χ4n) is 2.40. The van der Waals surface area contributed by atoms with Crippen LogP contribution in [0.3, 0.4) is 0 Å². The first-order chi connectivity index (χ1) is 7.56. The van der Waals surface area contributed by atoms with E-state index in [0.29, 0.717) is 18.4 Å². The Morgan fingerprint density at radius 3 is 2.31 bits per heavy atom. The standard InChI is InChI=1S/C12H12F2O2/c13-9-4-3-8(7-10(9)14)12(11(15)16)5-1-2-6-12/h3-4,7H,1-2,5-6H2,(H,15,16). The maximum absolute atomic E-state index is 13.1.